The molecule has 37 heavy (non-hydrogen) atoms. The van der Waals surface area contributed by atoms with Crippen LogP contribution in [0.4, 0.5) is 8.78 Å². The molecule has 1 amide bonds. The van der Waals surface area contributed by atoms with Gasteiger partial charge in [0.25, 0.3) is 5.91 Å². The largest absolute Gasteiger partial charge is 0.497 e. The van der Waals surface area contributed by atoms with Gasteiger partial charge in [-0.3, -0.25) is 4.79 Å². The molecule has 190 valence electrons. The summed E-state index contributed by atoms with van der Waals surface area (Å²) in [7, 11) is 3.41. The van der Waals surface area contributed by atoms with Gasteiger partial charge in [0, 0.05) is 37.3 Å². The Morgan fingerprint density at radius 3 is 2.46 bits per heavy atom. The van der Waals surface area contributed by atoms with Crippen LogP contribution in [0.1, 0.15) is 41.2 Å². The monoisotopic (exact) mass is 504 g/mol. The van der Waals surface area contributed by atoms with E-state index in [1.165, 1.54) is 6.07 Å². The lowest BCUT2D eigenvalue weighted by Crippen LogP contribution is -2.29. The number of benzene rings is 3. The predicted octanol–water partition coefficient (Wildman–Crippen LogP) is 5.24. The zero-order chi connectivity index (χ0) is 26.3. The van der Waals surface area contributed by atoms with Crippen LogP contribution < -0.4 is 9.47 Å². The molecule has 0 saturated heterocycles. The van der Waals surface area contributed by atoms with E-state index in [1.54, 1.807) is 37.5 Å². The second-order valence-electron chi connectivity index (χ2n) is 9.47. The van der Waals surface area contributed by atoms with Crippen LogP contribution in [0.2, 0.25) is 0 Å². The molecule has 0 N–H and O–H groups in total. The summed E-state index contributed by atoms with van der Waals surface area (Å²) in [5.41, 5.74) is 2.32. The van der Waals surface area contributed by atoms with Crippen LogP contribution >= 0.6 is 0 Å². The van der Waals surface area contributed by atoms with Gasteiger partial charge in [0.05, 0.1) is 7.11 Å². The lowest BCUT2D eigenvalue weighted by molar-refractivity contribution is 0.0766. The quantitative estimate of drug-likeness (QED) is 0.344. The van der Waals surface area contributed by atoms with E-state index in [-0.39, 0.29) is 11.7 Å². The maximum absolute atomic E-state index is 14.2. The van der Waals surface area contributed by atoms with Crippen LogP contribution in [-0.2, 0) is 25.7 Å². The first-order valence-electron chi connectivity index (χ1n) is 11.8. The second kappa shape index (κ2) is 9.31. The Morgan fingerprint density at radius 1 is 1.00 bits per heavy atom. The Hall–Kier alpha value is -4.27. The molecule has 1 aliphatic heterocycles. The summed E-state index contributed by atoms with van der Waals surface area (Å²) in [5.74, 6) is 0.234. The van der Waals surface area contributed by atoms with Crippen LogP contribution in [-0.4, -0.2) is 32.7 Å². The summed E-state index contributed by atoms with van der Waals surface area (Å²) in [6.07, 6.45) is 0. The van der Waals surface area contributed by atoms with Gasteiger partial charge in [-0.05, 0) is 61.4 Å². The highest BCUT2D eigenvalue weighted by Gasteiger charge is 2.32. The zero-order valence-electron chi connectivity index (χ0n) is 21.0. The number of ether oxygens (including phenoxy) is 2. The van der Waals surface area contributed by atoms with Gasteiger partial charge < -0.3 is 18.9 Å². The van der Waals surface area contributed by atoms with Crippen molar-refractivity contribution in [2.45, 2.75) is 32.5 Å². The van der Waals surface area contributed by atoms with Crippen molar-refractivity contribution >= 4 is 5.91 Å². The van der Waals surface area contributed by atoms with Crippen molar-refractivity contribution in [3.8, 4) is 22.9 Å². The maximum atomic E-state index is 14.2. The normalized spacial score (nSPS) is 13.1. The van der Waals surface area contributed by atoms with E-state index in [0.29, 0.717) is 30.3 Å². The Bertz CT molecular complexity index is 1480. The molecule has 0 saturated carbocycles. The topological polar surface area (TPSA) is 69.5 Å². The van der Waals surface area contributed by atoms with Crippen molar-refractivity contribution in [2.75, 3.05) is 7.11 Å². The van der Waals surface area contributed by atoms with Crippen molar-refractivity contribution in [1.29, 1.82) is 0 Å². The standard InChI is InChI=1S/C28H26F2N4O3/c1-28(2,37-24-12-8-20(29)14-23(24)30)27-32-31-25(33(27)3)18-7-11-22-19(13-18)16-34(26(22)35)15-17-5-9-21(36-4)10-6-17/h5-14H,15-16H2,1-4H3. The van der Waals surface area contributed by atoms with Crippen molar-refractivity contribution in [3.63, 3.8) is 0 Å². The summed E-state index contributed by atoms with van der Waals surface area (Å²) in [4.78, 5) is 14.8. The number of rotatable bonds is 7. The first-order valence-corrected chi connectivity index (χ1v) is 11.8. The van der Waals surface area contributed by atoms with Crippen molar-refractivity contribution in [1.82, 2.24) is 19.7 Å². The number of fused-ring (bicyclic) bond motifs is 1. The van der Waals surface area contributed by atoms with E-state index in [2.05, 4.69) is 10.2 Å². The summed E-state index contributed by atoms with van der Waals surface area (Å²) in [5, 5.41) is 8.65. The number of halogens is 2. The molecular weight excluding hydrogens is 478 g/mol. The number of carbonyl (C=O) groups excluding carboxylic acids is 1. The van der Waals surface area contributed by atoms with Gasteiger partial charge in [0.15, 0.2) is 28.8 Å². The number of amides is 1. The number of aromatic nitrogens is 3. The van der Waals surface area contributed by atoms with E-state index < -0.39 is 17.2 Å². The zero-order valence-corrected chi connectivity index (χ0v) is 21.0. The number of carbonyl (C=O) groups is 1. The second-order valence-corrected chi connectivity index (χ2v) is 9.47. The average Bonchev–Trinajstić information content (AvgIpc) is 3.41. The molecule has 2 heterocycles. The Labute approximate surface area is 213 Å². The van der Waals surface area contributed by atoms with Gasteiger partial charge in [-0.25, -0.2) is 8.78 Å². The van der Waals surface area contributed by atoms with E-state index >= 15 is 0 Å². The third-order valence-electron chi connectivity index (χ3n) is 6.45. The van der Waals surface area contributed by atoms with E-state index in [4.69, 9.17) is 9.47 Å². The molecule has 9 heteroatoms. The third-order valence-corrected chi connectivity index (χ3v) is 6.45. The minimum absolute atomic E-state index is 0.0214. The van der Waals surface area contributed by atoms with Crippen molar-refractivity contribution in [2.24, 2.45) is 7.05 Å². The molecule has 0 aliphatic carbocycles. The van der Waals surface area contributed by atoms with Gasteiger partial charge in [-0.15, -0.1) is 10.2 Å². The molecule has 7 nitrogen and oxygen atoms in total. The molecule has 3 aromatic carbocycles. The molecule has 0 radical (unpaired) electrons. The average molecular weight is 505 g/mol. The smallest absolute Gasteiger partial charge is 0.254 e. The highest BCUT2D eigenvalue weighted by Crippen LogP contribution is 2.33. The molecule has 1 aromatic heterocycles. The van der Waals surface area contributed by atoms with E-state index in [1.807, 2.05) is 42.5 Å². The van der Waals surface area contributed by atoms with Crippen LogP contribution in [0, 0.1) is 11.6 Å². The van der Waals surface area contributed by atoms with Gasteiger partial charge >= 0.3 is 0 Å². The lowest BCUT2D eigenvalue weighted by atomic mass is 10.1. The van der Waals surface area contributed by atoms with Crippen LogP contribution in [0.25, 0.3) is 11.4 Å². The number of nitrogens with zero attached hydrogens (tertiary/aromatic N) is 4. The number of hydrogen-bond donors (Lipinski definition) is 0. The molecule has 4 aromatic rings. The van der Waals surface area contributed by atoms with Crippen LogP contribution in [0.5, 0.6) is 11.5 Å². The van der Waals surface area contributed by atoms with Crippen molar-refractivity contribution in [3.05, 3.63) is 94.8 Å². The molecule has 0 spiro atoms. The molecule has 1 aliphatic rings. The Morgan fingerprint density at radius 2 is 1.76 bits per heavy atom. The minimum atomic E-state index is -1.06. The van der Waals surface area contributed by atoms with Crippen LogP contribution in [0.15, 0.2) is 60.7 Å². The molecular formula is C28H26F2N4O3. The predicted molar refractivity (Wildman–Crippen MR) is 133 cm³/mol. The Balaban J connectivity index is 1.37. The number of methoxy groups -OCH3 is 1. The van der Waals surface area contributed by atoms with E-state index in [0.717, 1.165) is 34.6 Å². The fraction of sp³-hybridized carbons (Fsp3) is 0.250. The fourth-order valence-electron chi connectivity index (χ4n) is 4.58. The van der Waals surface area contributed by atoms with E-state index in [9.17, 15) is 13.6 Å². The molecule has 0 fully saturated rings. The van der Waals surface area contributed by atoms with Gasteiger partial charge in [-0.1, -0.05) is 18.2 Å². The first-order chi connectivity index (χ1) is 17.7. The maximum Gasteiger partial charge on any atom is 0.254 e. The van der Waals surface area contributed by atoms with Gasteiger partial charge in [0.2, 0.25) is 0 Å². The highest BCUT2D eigenvalue weighted by molar-refractivity contribution is 5.98. The van der Waals surface area contributed by atoms with Gasteiger partial charge in [0.1, 0.15) is 11.6 Å². The molecule has 0 unspecified atom stereocenters. The third kappa shape index (κ3) is 4.64. The minimum Gasteiger partial charge on any atom is -0.497 e. The highest BCUT2D eigenvalue weighted by atomic mass is 19.1. The molecule has 5 rings (SSSR count). The first kappa shape index (κ1) is 24.4. The van der Waals surface area contributed by atoms with Crippen molar-refractivity contribution < 1.29 is 23.0 Å². The number of hydrogen-bond acceptors (Lipinski definition) is 5. The summed E-state index contributed by atoms with van der Waals surface area (Å²) >= 11 is 0. The SMILES string of the molecule is COc1ccc(CN2Cc3cc(-c4nnc(C(C)(C)Oc5ccc(F)cc5F)n4C)ccc3C2=O)cc1. The fourth-order valence-corrected chi connectivity index (χ4v) is 4.58. The molecule has 0 atom stereocenters. The summed E-state index contributed by atoms with van der Waals surface area (Å²) in [6.45, 7) is 4.45. The summed E-state index contributed by atoms with van der Waals surface area (Å²) < 4.78 is 40.3. The van der Waals surface area contributed by atoms with Gasteiger partial charge in [-0.2, -0.15) is 0 Å². The van der Waals surface area contributed by atoms with Crippen LogP contribution in [0.3, 0.4) is 0 Å². The molecule has 0 bridgehead atoms. The lowest BCUT2D eigenvalue weighted by Gasteiger charge is -2.25. The Kier molecular flexibility index (Phi) is 6.15. The summed E-state index contributed by atoms with van der Waals surface area (Å²) in [6, 6.07) is 16.4.